The van der Waals surface area contributed by atoms with Crippen molar-refractivity contribution in [3.8, 4) is 0 Å². The molecule has 1 heterocycles. The molecule has 0 spiro atoms. The van der Waals surface area contributed by atoms with Gasteiger partial charge in [-0.2, -0.15) is 11.8 Å². The van der Waals surface area contributed by atoms with Gasteiger partial charge in [-0.1, -0.05) is 48.0 Å². The highest BCUT2D eigenvalue weighted by atomic mass is 35.5. The zero-order valence-electron chi connectivity index (χ0n) is 9.79. The van der Waals surface area contributed by atoms with Gasteiger partial charge < -0.3 is 5.11 Å². The smallest absolute Gasteiger partial charge is 0.129 e. The lowest BCUT2D eigenvalue weighted by Crippen LogP contribution is -2.00. The molecule has 0 fully saturated rings. The zero-order valence-corrected chi connectivity index (χ0v) is 11.4. The Labute approximate surface area is 116 Å². The molecule has 1 aromatic carbocycles. The predicted molar refractivity (Wildman–Crippen MR) is 76.8 cm³/mol. The Kier molecular flexibility index (Phi) is 5.05. The van der Waals surface area contributed by atoms with Gasteiger partial charge in [-0.15, -0.1) is 0 Å². The Bertz CT molecular complexity index is 475. The van der Waals surface area contributed by atoms with E-state index in [2.05, 4.69) is 4.98 Å². The van der Waals surface area contributed by atoms with Gasteiger partial charge in [0.05, 0.1) is 6.10 Å². The van der Waals surface area contributed by atoms with E-state index in [1.165, 1.54) is 0 Å². The first-order valence-corrected chi connectivity index (χ1v) is 7.20. The first kappa shape index (κ1) is 13.4. The van der Waals surface area contributed by atoms with Gasteiger partial charge in [0.15, 0.2) is 0 Å². The number of hydrogen-bond donors (Lipinski definition) is 1. The SMILES string of the molecule is OC(CSCc1ccc(Cl)nc1)c1ccccc1. The van der Waals surface area contributed by atoms with Crippen LogP contribution in [0.4, 0.5) is 0 Å². The second-order valence-electron chi connectivity index (χ2n) is 3.93. The molecule has 94 valence electrons. The Hall–Kier alpha value is -1.03. The molecular weight excluding hydrogens is 266 g/mol. The fraction of sp³-hybridized carbons (Fsp3) is 0.214. The van der Waals surface area contributed by atoms with Crippen LogP contribution in [-0.2, 0) is 5.75 Å². The molecule has 0 aliphatic heterocycles. The largest absolute Gasteiger partial charge is 0.388 e. The Morgan fingerprint density at radius 2 is 1.94 bits per heavy atom. The van der Waals surface area contributed by atoms with Crippen molar-refractivity contribution < 1.29 is 5.11 Å². The standard InChI is InChI=1S/C14H14ClNOS/c15-14-7-6-11(8-16-14)9-18-10-13(17)12-4-2-1-3-5-12/h1-8,13,17H,9-10H2. The van der Waals surface area contributed by atoms with Gasteiger partial charge in [-0.3, -0.25) is 0 Å². The van der Waals surface area contributed by atoms with E-state index in [1.807, 2.05) is 36.4 Å². The number of rotatable bonds is 5. The number of pyridine rings is 1. The molecule has 2 rings (SSSR count). The Morgan fingerprint density at radius 3 is 2.61 bits per heavy atom. The molecule has 0 amide bonds. The highest BCUT2D eigenvalue weighted by molar-refractivity contribution is 7.98. The maximum absolute atomic E-state index is 9.99. The lowest BCUT2D eigenvalue weighted by Gasteiger charge is -2.10. The summed E-state index contributed by atoms with van der Waals surface area (Å²) in [7, 11) is 0. The minimum absolute atomic E-state index is 0.420. The van der Waals surface area contributed by atoms with Crippen molar-refractivity contribution in [3.63, 3.8) is 0 Å². The molecule has 0 aliphatic rings. The summed E-state index contributed by atoms with van der Waals surface area (Å²) in [5.41, 5.74) is 2.07. The number of benzene rings is 1. The van der Waals surface area contributed by atoms with E-state index in [0.29, 0.717) is 10.9 Å². The van der Waals surface area contributed by atoms with Gasteiger partial charge in [-0.05, 0) is 17.2 Å². The summed E-state index contributed by atoms with van der Waals surface area (Å²) in [4.78, 5) is 4.02. The third kappa shape index (κ3) is 4.02. The van der Waals surface area contributed by atoms with Crippen LogP contribution in [0.25, 0.3) is 0 Å². The van der Waals surface area contributed by atoms with Crippen molar-refractivity contribution >= 4 is 23.4 Å². The average Bonchev–Trinajstić information content (AvgIpc) is 2.42. The number of hydrogen-bond acceptors (Lipinski definition) is 3. The molecule has 1 N–H and O–H groups in total. The zero-order chi connectivity index (χ0) is 12.8. The minimum Gasteiger partial charge on any atom is -0.388 e. The summed E-state index contributed by atoms with van der Waals surface area (Å²) in [6, 6.07) is 13.4. The third-order valence-electron chi connectivity index (χ3n) is 2.52. The molecule has 0 saturated heterocycles. The van der Waals surface area contributed by atoms with Crippen molar-refractivity contribution in [3.05, 3.63) is 64.9 Å². The highest BCUT2D eigenvalue weighted by Crippen LogP contribution is 2.21. The summed E-state index contributed by atoms with van der Waals surface area (Å²) >= 11 is 7.40. The number of aromatic nitrogens is 1. The van der Waals surface area contributed by atoms with E-state index in [4.69, 9.17) is 11.6 Å². The summed E-state index contributed by atoms with van der Waals surface area (Å²) < 4.78 is 0. The van der Waals surface area contributed by atoms with Gasteiger partial charge >= 0.3 is 0 Å². The van der Waals surface area contributed by atoms with Crippen molar-refractivity contribution in [1.82, 2.24) is 4.98 Å². The van der Waals surface area contributed by atoms with Crippen LogP contribution < -0.4 is 0 Å². The number of halogens is 1. The Balaban J connectivity index is 1.80. The first-order valence-electron chi connectivity index (χ1n) is 5.67. The fourth-order valence-corrected chi connectivity index (χ4v) is 2.60. The van der Waals surface area contributed by atoms with Crippen LogP contribution in [-0.4, -0.2) is 15.8 Å². The van der Waals surface area contributed by atoms with Crippen LogP contribution >= 0.6 is 23.4 Å². The van der Waals surface area contributed by atoms with Gasteiger partial charge in [0.2, 0.25) is 0 Å². The van der Waals surface area contributed by atoms with Crippen LogP contribution in [0.1, 0.15) is 17.2 Å². The molecule has 1 atom stereocenters. The van der Waals surface area contributed by atoms with Crippen LogP contribution in [0, 0.1) is 0 Å². The lowest BCUT2D eigenvalue weighted by molar-refractivity contribution is 0.204. The number of nitrogens with zero attached hydrogens (tertiary/aromatic N) is 1. The van der Waals surface area contributed by atoms with Crippen LogP contribution in [0.15, 0.2) is 48.7 Å². The maximum Gasteiger partial charge on any atom is 0.129 e. The molecule has 1 unspecified atom stereocenters. The van der Waals surface area contributed by atoms with Gasteiger partial charge in [-0.25, -0.2) is 4.98 Å². The van der Waals surface area contributed by atoms with Crippen LogP contribution in [0.3, 0.4) is 0 Å². The summed E-state index contributed by atoms with van der Waals surface area (Å²) in [5.74, 6) is 1.50. The van der Waals surface area contributed by atoms with Crippen molar-refractivity contribution in [2.24, 2.45) is 0 Å². The predicted octanol–water partition coefficient (Wildman–Crippen LogP) is 3.70. The average molecular weight is 280 g/mol. The molecule has 0 saturated carbocycles. The summed E-state index contributed by atoms with van der Waals surface area (Å²) in [6.45, 7) is 0. The van der Waals surface area contributed by atoms with E-state index in [0.717, 1.165) is 16.9 Å². The molecule has 1 aromatic heterocycles. The molecular formula is C14H14ClNOS. The summed E-state index contributed by atoms with van der Waals surface area (Å²) in [5, 5.41) is 10.5. The first-order chi connectivity index (χ1) is 8.75. The van der Waals surface area contributed by atoms with E-state index in [-0.39, 0.29) is 0 Å². The monoisotopic (exact) mass is 279 g/mol. The second kappa shape index (κ2) is 6.78. The molecule has 2 aromatic rings. The maximum atomic E-state index is 9.99. The van der Waals surface area contributed by atoms with Crippen molar-refractivity contribution in [1.29, 1.82) is 0 Å². The van der Waals surface area contributed by atoms with E-state index in [1.54, 1.807) is 24.0 Å². The molecule has 0 aliphatic carbocycles. The molecule has 4 heteroatoms. The van der Waals surface area contributed by atoms with Gasteiger partial charge in [0.25, 0.3) is 0 Å². The molecule has 18 heavy (non-hydrogen) atoms. The van der Waals surface area contributed by atoms with Crippen molar-refractivity contribution in [2.45, 2.75) is 11.9 Å². The number of aliphatic hydroxyl groups is 1. The number of aliphatic hydroxyl groups excluding tert-OH is 1. The van der Waals surface area contributed by atoms with Crippen molar-refractivity contribution in [2.75, 3.05) is 5.75 Å². The molecule has 2 nitrogen and oxygen atoms in total. The summed E-state index contributed by atoms with van der Waals surface area (Å²) in [6.07, 6.45) is 1.35. The third-order valence-corrected chi connectivity index (χ3v) is 3.83. The molecule has 0 bridgehead atoms. The van der Waals surface area contributed by atoms with E-state index in [9.17, 15) is 5.11 Å². The Morgan fingerprint density at radius 1 is 1.17 bits per heavy atom. The quantitative estimate of drug-likeness (QED) is 0.847. The highest BCUT2D eigenvalue weighted by Gasteiger charge is 2.06. The minimum atomic E-state index is -0.420. The van der Waals surface area contributed by atoms with E-state index >= 15 is 0 Å². The van der Waals surface area contributed by atoms with Gasteiger partial charge in [0.1, 0.15) is 5.15 Å². The van der Waals surface area contributed by atoms with E-state index < -0.39 is 6.10 Å². The lowest BCUT2D eigenvalue weighted by atomic mass is 10.1. The van der Waals surface area contributed by atoms with Crippen LogP contribution in [0.5, 0.6) is 0 Å². The van der Waals surface area contributed by atoms with Crippen LogP contribution in [0.2, 0.25) is 5.15 Å². The molecule has 0 radical (unpaired) electrons. The van der Waals surface area contributed by atoms with Gasteiger partial charge in [0, 0.05) is 17.7 Å². The second-order valence-corrected chi connectivity index (χ2v) is 5.35. The fourth-order valence-electron chi connectivity index (χ4n) is 1.55. The normalized spacial score (nSPS) is 12.3. The number of thioether (sulfide) groups is 1. The topological polar surface area (TPSA) is 33.1 Å².